The molecule has 0 atom stereocenters. The molecule has 0 saturated carbocycles. The minimum atomic E-state index is 0. The van der Waals surface area contributed by atoms with Gasteiger partial charge in [-0.2, -0.15) is 0 Å². The van der Waals surface area contributed by atoms with E-state index in [9.17, 15) is 0 Å². The van der Waals surface area contributed by atoms with E-state index in [2.05, 4.69) is 115 Å². The molecule has 4 aromatic carbocycles. The number of rotatable bonds is 2. The van der Waals surface area contributed by atoms with Gasteiger partial charge in [-0.1, -0.05) is 23.5 Å². The van der Waals surface area contributed by atoms with Crippen molar-refractivity contribution in [2.24, 2.45) is 0 Å². The summed E-state index contributed by atoms with van der Waals surface area (Å²) < 4.78 is 0. The topological polar surface area (TPSA) is 6.48 Å². The normalized spacial score (nSPS) is 14.6. The summed E-state index contributed by atoms with van der Waals surface area (Å²) in [6.07, 6.45) is 5.52. The molecule has 2 heterocycles. The largest absolute Gasteiger partial charge is 1.00 e. The standard InChI is InChI=1S/2C13H14N.C2H6Si.2ClH.Ti/c2*1-2-6-12-10-13(9-11(12)5-1)14-7-3-4-8-14;1-3-2;;;/h2*1-2,5-6,9-10H,3-4,7-8H2;1-2H3;2*1H;/q2*-1;;;;+2/p-2. The van der Waals surface area contributed by atoms with Gasteiger partial charge in [0.2, 0.25) is 0 Å². The monoisotopic (exact) mass is 544 g/mol. The molecule has 0 aliphatic carbocycles. The average molecular weight is 545 g/mol. The van der Waals surface area contributed by atoms with Crippen molar-refractivity contribution < 1.29 is 44.0 Å². The van der Waals surface area contributed by atoms with Gasteiger partial charge in [0.25, 0.3) is 0 Å². The van der Waals surface area contributed by atoms with Gasteiger partial charge in [-0.3, -0.25) is 0 Å². The minimum absolute atomic E-state index is 0. The van der Waals surface area contributed by atoms with Gasteiger partial charge in [-0.25, -0.2) is 0 Å². The average Bonchev–Trinajstić information content (AvgIpc) is 3.59. The molecule has 2 saturated heterocycles. The number of anilines is 2. The van der Waals surface area contributed by atoms with Gasteiger partial charge in [-0.05, 0) is 25.7 Å². The number of benzene rings is 2. The second kappa shape index (κ2) is 14.4. The van der Waals surface area contributed by atoms with Crippen LogP contribution in [0.3, 0.4) is 0 Å². The van der Waals surface area contributed by atoms with Gasteiger partial charge in [0.15, 0.2) is 0 Å². The summed E-state index contributed by atoms with van der Waals surface area (Å²) in [5.74, 6) is 0. The van der Waals surface area contributed by atoms with E-state index < -0.39 is 0 Å². The Morgan fingerprint density at radius 1 is 0.647 bits per heavy atom. The Labute approximate surface area is 229 Å². The van der Waals surface area contributed by atoms with E-state index in [4.69, 9.17) is 0 Å². The van der Waals surface area contributed by atoms with Crippen LogP contribution in [0.25, 0.3) is 21.5 Å². The van der Waals surface area contributed by atoms with Crippen molar-refractivity contribution in [3.05, 3.63) is 72.8 Å². The van der Waals surface area contributed by atoms with Crippen LogP contribution in [0.5, 0.6) is 0 Å². The smallest absolute Gasteiger partial charge is 0.0162 e. The van der Waals surface area contributed by atoms with Crippen LogP contribution in [0.4, 0.5) is 11.4 Å². The maximum Gasteiger partial charge on any atom is 0.0162 e. The number of nitrogens with zero attached hydrogens (tertiary/aromatic N) is 2. The van der Waals surface area contributed by atoms with Crippen molar-refractivity contribution >= 4 is 39.1 Å². The molecule has 34 heavy (non-hydrogen) atoms. The third-order valence-corrected chi connectivity index (χ3v) is 6.15. The molecule has 0 amide bonds. The Kier molecular flexibility index (Phi) is 12.2. The van der Waals surface area contributed by atoms with Crippen molar-refractivity contribution in [3.63, 3.8) is 0 Å². The molecule has 180 valence electrons. The number of hydrogen-bond donors (Lipinski definition) is 0. The fourth-order valence-corrected chi connectivity index (χ4v) is 4.58. The van der Waals surface area contributed by atoms with Crippen LogP contribution in [-0.4, -0.2) is 32.4 Å². The van der Waals surface area contributed by atoms with E-state index in [0.717, 1.165) is 0 Å². The molecular formula is C28H34Cl2N2SiTi-2. The van der Waals surface area contributed by atoms with Crippen molar-refractivity contribution in [1.82, 2.24) is 0 Å². The molecule has 0 spiro atoms. The molecular weight excluding hydrogens is 511 g/mol. The Balaban J connectivity index is 0.000000198. The molecule has 2 fully saturated rings. The predicted octanol–water partition coefficient (Wildman–Crippen LogP) is 1.11. The molecule has 6 rings (SSSR count). The van der Waals surface area contributed by atoms with Crippen molar-refractivity contribution in [1.29, 1.82) is 0 Å². The van der Waals surface area contributed by atoms with Gasteiger partial charge in [-0.15, -0.1) is 82.2 Å². The molecule has 0 bridgehead atoms. The van der Waals surface area contributed by atoms with Crippen LogP contribution in [0.15, 0.2) is 72.8 Å². The zero-order valence-electron chi connectivity index (χ0n) is 20.2. The Hall–Kier alpha value is -1.23. The third kappa shape index (κ3) is 7.90. The zero-order chi connectivity index (χ0) is 22.3. The molecule has 0 N–H and O–H groups in total. The van der Waals surface area contributed by atoms with Gasteiger partial charge in [0.1, 0.15) is 0 Å². The van der Waals surface area contributed by atoms with Crippen LogP contribution in [0, 0.1) is 0 Å². The Bertz CT molecular complexity index is 1000. The first-order chi connectivity index (χ1) is 15.6. The quantitative estimate of drug-likeness (QED) is 0.275. The van der Waals surface area contributed by atoms with Crippen LogP contribution >= 0.6 is 0 Å². The molecule has 0 aromatic heterocycles. The first-order valence-corrected chi connectivity index (χ1v) is 16.8. The van der Waals surface area contributed by atoms with Crippen LogP contribution in [0.1, 0.15) is 25.7 Å². The SMILES string of the molecule is C[Si](C)=[Ti+2].[Cl-].[Cl-].c1ccc2[cH-]c(N3CCCC3)cc2c1.c1ccc2[cH-]c(N3CCCC3)cc2c1. The molecule has 2 nitrogen and oxygen atoms in total. The molecule has 2 aliphatic rings. The number of hydrogen-bond acceptors (Lipinski definition) is 2. The zero-order valence-corrected chi connectivity index (χ0v) is 24.3. The van der Waals surface area contributed by atoms with E-state index in [0.29, 0.717) is 0 Å². The van der Waals surface area contributed by atoms with Crippen molar-refractivity contribution in [2.75, 3.05) is 36.0 Å². The summed E-state index contributed by atoms with van der Waals surface area (Å²) in [5, 5.41) is 5.48. The summed E-state index contributed by atoms with van der Waals surface area (Å²) in [5.41, 5.74) is 2.81. The Morgan fingerprint density at radius 2 is 0.971 bits per heavy atom. The van der Waals surface area contributed by atoms with Crippen molar-refractivity contribution in [2.45, 2.75) is 38.8 Å². The van der Waals surface area contributed by atoms with Gasteiger partial charge in [0.05, 0.1) is 0 Å². The van der Waals surface area contributed by atoms with Gasteiger partial charge >= 0.3 is 38.5 Å². The van der Waals surface area contributed by atoms with Crippen molar-refractivity contribution in [3.8, 4) is 0 Å². The van der Waals surface area contributed by atoms with E-state index in [-0.39, 0.29) is 31.0 Å². The molecule has 6 heteroatoms. The van der Waals surface area contributed by atoms with Crippen LogP contribution in [-0.2, 0) is 19.2 Å². The third-order valence-electron chi connectivity index (χ3n) is 6.15. The maximum atomic E-state index is 2.49. The van der Waals surface area contributed by atoms with E-state index in [1.165, 1.54) is 84.8 Å². The second-order valence-corrected chi connectivity index (χ2v) is 15.8. The van der Waals surface area contributed by atoms with E-state index in [1.807, 2.05) is 0 Å². The van der Waals surface area contributed by atoms with E-state index in [1.54, 1.807) is 0 Å². The minimum Gasteiger partial charge on any atom is -1.00 e. The predicted molar refractivity (Wildman–Crippen MR) is 139 cm³/mol. The Morgan fingerprint density at radius 3 is 1.29 bits per heavy atom. The molecule has 4 aromatic rings. The maximum absolute atomic E-state index is 2.49. The summed E-state index contributed by atoms with van der Waals surface area (Å²) in [7, 11) is 0. The molecule has 0 unspecified atom stereocenters. The van der Waals surface area contributed by atoms with Crippen LogP contribution in [0.2, 0.25) is 13.1 Å². The summed E-state index contributed by atoms with van der Waals surface area (Å²) in [4.78, 5) is 4.97. The second-order valence-electron chi connectivity index (χ2n) is 9.07. The summed E-state index contributed by atoms with van der Waals surface area (Å²) in [6.45, 7) is 9.47. The van der Waals surface area contributed by atoms with Gasteiger partial charge in [0, 0.05) is 26.2 Å². The fourth-order valence-electron chi connectivity index (χ4n) is 4.58. The summed E-state index contributed by atoms with van der Waals surface area (Å²) >= 11 is 2.27. The first-order valence-electron chi connectivity index (χ1n) is 11.9. The summed E-state index contributed by atoms with van der Waals surface area (Å²) in [6, 6.07) is 26.4. The fraction of sp³-hybridized carbons (Fsp3) is 0.357. The number of halogens is 2. The molecule has 0 radical (unpaired) electrons. The molecule has 2 aliphatic heterocycles. The van der Waals surface area contributed by atoms with E-state index >= 15 is 0 Å². The number of fused-ring (bicyclic) bond motifs is 2. The van der Waals surface area contributed by atoms with Gasteiger partial charge < -0.3 is 34.6 Å². The first kappa shape index (κ1) is 29.0. The van der Waals surface area contributed by atoms with Crippen LogP contribution < -0.4 is 34.6 Å².